The van der Waals surface area contributed by atoms with Crippen LogP contribution in [0.25, 0.3) is 0 Å². The van der Waals surface area contributed by atoms with Crippen molar-refractivity contribution in [1.29, 1.82) is 0 Å². The highest BCUT2D eigenvalue weighted by atomic mass is 32.2. The average molecular weight is 310 g/mol. The molecule has 0 aliphatic heterocycles. The number of halogens is 1. The van der Waals surface area contributed by atoms with E-state index in [0.29, 0.717) is 11.3 Å². The monoisotopic (exact) mass is 310 g/mol. The Morgan fingerprint density at radius 2 is 1.95 bits per heavy atom. The maximum absolute atomic E-state index is 13.2. The molecule has 2 aromatic rings. The van der Waals surface area contributed by atoms with E-state index in [1.54, 1.807) is 19.1 Å². The zero-order chi connectivity index (χ0) is 15.6. The van der Waals surface area contributed by atoms with Crippen LogP contribution in [0.3, 0.4) is 0 Å². The standard InChI is InChI=1S/C14H15FN2O3S/c1-9(13-7-10(15)5-6-14(13)18)17-11-3-2-4-12(8-11)21(16,19)20/h2-9,17-18H,1H3,(H2,16,19,20). The molecule has 0 bridgehead atoms. The normalized spacial score (nSPS) is 12.9. The Kier molecular flexibility index (Phi) is 4.15. The van der Waals surface area contributed by atoms with E-state index in [1.165, 1.54) is 24.3 Å². The predicted octanol–water partition coefficient (Wildman–Crippen LogP) is 2.35. The fourth-order valence-electron chi connectivity index (χ4n) is 1.96. The van der Waals surface area contributed by atoms with Crippen LogP contribution in [0.2, 0.25) is 0 Å². The zero-order valence-corrected chi connectivity index (χ0v) is 12.1. The Morgan fingerprint density at radius 3 is 2.62 bits per heavy atom. The van der Waals surface area contributed by atoms with E-state index >= 15 is 0 Å². The number of aromatic hydroxyl groups is 1. The van der Waals surface area contributed by atoms with Gasteiger partial charge in [0, 0.05) is 11.3 Å². The number of nitrogens with one attached hydrogen (secondary N) is 1. The maximum atomic E-state index is 13.2. The predicted molar refractivity (Wildman–Crippen MR) is 77.9 cm³/mol. The van der Waals surface area contributed by atoms with Crippen molar-refractivity contribution >= 4 is 15.7 Å². The number of phenolic OH excluding ortho intramolecular Hbond substituents is 1. The van der Waals surface area contributed by atoms with Crippen molar-refractivity contribution in [1.82, 2.24) is 0 Å². The minimum Gasteiger partial charge on any atom is -0.508 e. The van der Waals surface area contributed by atoms with E-state index in [1.807, 2.05) is 0 Å². The quantitative estimate of drug-likeness (QED) is 0.808. The van der Waals surface area contributed by atoms with Gasteiger partial charge in [-0.3, -0.25) is 0 Å². The minimum atomic E-state index is -3.79. The number of anilines is 1. The molecule has 0 radical (unpaired) electrons. The van der Waals surface area contributed by atoms with Crippen LogP contribution >= 0.6 is 0 Å². The van der Waals surface area contributed by atoms with Gasteiger partial charge in [0.15, 0.2) is 0 Å². The molecule has 0 fully saturated rings. The molecule has 7 heteroatoms. The van der Waals surface area contributed by atoms with Gasteiger partial charge in [-0.2, -0.15) is 0 Å². The molecule has 1 unspecified atom stereocenters. The summed E-state index contributed by atoms with van der Waals surface area (Å²) >= 11 is 0. The number of nitrogens with two attached hydrogens (primary N) is 1. The molecule has 1 atom stereocenters. The number of hydrogen-bond acceptors (Lipinski definition) is 4. The second kappa shape index (κ2) is 5.71. The molecule has 0 saturated heterocycles. The van der Waals surface area contributed by atoms with Gasteiger partial charge < -0.3 is 10.4 Å². The summed E-state index contributed by atoms with van der Waals surface area (Å²) in [6, 6.07) is 9.18. The summed E-state index contributed by atoms with van der Waals surface area (Å²) in [6.07, 6.45) is 0. The van der Waals surface area contributed by atoms with Crippen molar-refractivity contribution in [2.45, 2.75) is 17.9 Å². The van der Waals surface area contributed by atoms with Crippen molar-refractivity contribution in [3.63, 3.8) is 0 Å². The summed E-state index contributed by atoms with van der Waals surface area (Å²) in [5.74, 6) is -0.506. The molecule has 0 aromatic heterocycles. The number of primary sulfonamides is 1. The summed E-state index contributed by atoms with van der Waals surface area (Å²) in [4.78, 5) is -0.0248. The van der Waals surface area contributed by atoms with Crippen molar-refractivity contribution in [2.24, 2.45) is 5.14 Å². The number of hydrogen-bond donors (Lipinski definition) is 3. The van der Waals surface area contributed by atoms with Crippen LogP contribution in [-0.2, 0) is 10.0 Å². The summed E-state index contributed by atoms with van der Waals surface area (Å²) in [5.41, 5.74) is 0.869. The van der Waals surface area contributed by atoms with E-state index in [0.717, 1.165) is 6.07 Å². The van der Waals surface area contributed by atoms with Crippen LogP contribution in [0.5, 0.6) is 5.75 Å². The third kappa shape index (κ3) is 3.71. The Labute approximate surface area is 122 Å². The van der Waals surface area contributed by atoms with Gasteiger partial charge in [0.05, 0.1) is 10.9 Å². The molecule has 0 saturated carbocycles. The molecule has 0 amide bonds. The fraction of sp³-hybridized carbons (Fsp3) is 0.143. The Hall–Kier alpha value is -2.12. The maximum Gasteiger partial charge on any atom is 0.238 e. The number of benzene rings is 2. The SMILES string of the molecule is CC(Nc1cccc(S(N)(=O)=O)c1)c1cc(F)ccc1O. The van der Waals surface area contributed by atoms with Gasteiger partial charge in [0.2, 0.25) is 10.0 Å². The van der Waals surface area contributed by atoms with Gasteiger partial charge in [0.25, 0.3) is 0 Å². The lowest BCUT2D eigenvalue weighted by molar-refractivity contribution is 0.462. The molecule has 0 heterocycles. The molecule has 4 N–H and O–H groups in total. The molecule has 2 rings (SSSR count). The first kappa shape index (κ1) is 15.3. The fourth-order valence-corrected chi connectivity index (χ4v) is 2.52. The number of rotatable bonds is 4. The lowest BCUT2D eigenvalue weighted by Crippen LogP contribution is -2.13. The van der Waals surface area contributed by atoms with Crippen LogP contribution in [0.4, 0.5) is 10.1 Å². The van der Waals surface area contributed by atoms with E-state index in [-0.39, 0.29) is 10.6 Å². The van der Waals surface area contributed by atoms with E-state index in [4.69, 9.17) is 5.14 Å². The highest BCUT2D eigenvalue weighted by molar-refractivity contribution is 7.89. The van der Waals surface area contributed by atoms with Gasteiger partial charge in [-0.05, 0) is 43.3 Å². The smallest absolute Gasteiger partial charge is 0.238 e. The van der Waals surface area contributed by atoms with Crippen molar-refractivity contribution in [2.75, 3.05) is 5.32 Å². The van der Waals surface area contributed by atoms with E-state index in [2.05, 4.69) is 5.32 Å². The first-order chi connectivity index (χ1) is 9.77. The van der Waals surface area contributed by atoms with Gasteiger partial charge in [0.1, 0.15) is 11.6 Å². The van der Waals surface area contributed by atoms with Gasteiger partial charge in [-0.25, -0.2) is 17.9 Å². The van der Waals surface area contributed by atoms with Gasteiger partial charge in [-0.15, -0.1) is 0 Å². The van der Waals surface area contributed by atoms with E-state index in [9.17, 15) is 17.9 Å². The van der Waals surface area contributed by atoms with Crippen LogP contribution in [0, 0.1) is 5.82 Å². The third-order valence-corrected chi connectivity index (χ3v) is 3.91. The Bertz CT molecular complexity index is 763. The highest BCUT2D eigenvalue weighted by Gasteiger charge is 2.13. The van der Waals surface area contributed by atoms with Crippen LogP contribution in [-0.4, -0.2) is 13.5 Å². The van der Waals surface area contributed by atoms with Gasteiger partial charge >= 0.3 is 0 Å². The number of sulfonamides is 1. The number of phenols is 1. The molecule has 5 nitrogen and oxygen atoms in total. The molecule has 0 spiro atoms. The lowest BCUT2D eigenvalue weighted by Gasteiger charge is -2.17. The van der Waals surface area contributed by atoms with Crippen LogP contribution in [0.1, 0.15) is 18.5 Å². The summed E-state index contributed by atoms with van der Waals surface area (Å²) < 4.78 is 35.8. The molecule has 0 aliphatic carbocycles. The first-order valence-electron chi connectivity index (χ1n) is 6.15. The van der Waals surface area contributed by atoms with Crippen molar-refractivity contribution in [3.05, 3.63) is 53.8 Å². The summed E-state index contributed by atoms with van der Waals surface area (Å²) in [6.45, 7) is 1.72. The molecule has 0 aliphatic rings. The summed E-state index contributed by atoms with van der Waals surface area (Å²) in [5, 5.41) is 17.8. The van der Waals surface area contributed by atoms with Crippen LogP contribution < -0.4 is 10.5 Å². The largest absolute Gasteiger partial charge is 0.508 e. The molecule has 112 valence electrons. The Morgan fingerprint density at radius 1 is 1.24 bits per heavy atom. The van der Waals surface area contributed by atoms with Crippen LogP contribution in [0.15, 0.2) is 47.4 Å². The third-order valence-electron chi connectivity index (χ3n) is 3.00. The van der Waals surface area contributed by atoms with Crippen molar-refractivity contribution < 1.29 is 17.9 Å². The van der Waals surface area contributed by atoms with E-state index < -0.39 is 21.9 Å². The second-order valence-electron chi connectivity index (χ2n) is 4.64. The molecule has 21 heavy (non-hydrogen) atoms. The molecular weight excluding hydrogens is 295 g/mol. The lowest BCUT2D eigenvalue weighted by atomic mass is 10.1. The Balaban J connectivity index is 2.28. The highest BCUT2D eigenvalue weighted by Crippen LogP contribution is 2.28. The topological polar surface area (TPSA) is 92.4 Å². The first-order valence-corrected chi connectivity index (χ1v) is 7.70. The molecule has 2 aromatic carbocycles. The van der Waals surface area contributed by atoms with Crippen molar-refractivity contribution in [3.8, 4) is 5.75 Å². The summed E-state index contributed by atoms with van der Waals surface area (Å²) in [7, 11) is -3.79. The zero-order valence-electron chi connectivity index (χ0n) is 11.2. The van der Waals surface area contributed by atoms with Gasteiger partial charge in [-0.1, -0.05) is 6.07 Å². The second-order valence-corrected chi connectivity index (χ2v) is 6.20. The minimum absolute atomic E-state index is 0.0248. The average Bonchev–Trinajstić information content (AvgIpc) is 2.41. The molecular formula is C14H15FN2O3S.